The lowest BCUT2D eigenvalue weighted by Crippen LogP contribution is -2.36. The second-order valence-electron chi connectivity index (χ2n) is 4.28. The van der Waals surface area contributed by atoms with Gasteiger partial charge in [-0.1, -0.05) is 12.8 Å². The zero-order valence-corrected chi connectivity index (χ0v) is 9.03. The minimum Gasteiger partial charge on any atom is -0.459 e. The van der Waals surface area contributed by atoms with Gasteiger partial charge in [0.2, 0.25) is 0 Å². The van der Waals surface area contributed by atoms with Crippen molar-refractivity contribution < 1.29 is 9.21 Å². The third kappa shape index (κ3) is 2.41. The van der Waals surface area contributed by atoms with Crippen molar-refractivity contribution in [3.8, 4) is 0 Å². The summed E-state index contributed by atoms with van der Waals surface area (Å²) in [6.07, 6.45) is 6.59. The topological polar surface area (TPSA) is 42.2 Å². The predicted octanol–water partition coefficient (Wildman–Crippen LogP) is 2.59. The highest BCUT2D eigenvalue weighted by atomic mass is 16.3. The first-order valence-electron chi connectivity index (χ1n) is 5.62. The molecule has 15 heavy (non-hydrogen) atoms. The van der Waals surface area contributed by atoms with E-state index in [0.29, 0.717) is 11.7 Å². The second-order valence-corrected chi connectivity index (χ2v) is 4.28. The van der Waals surface area contributed by atoms with Crippen LogP contribution in [-0.2, 0) is 0 Å². The van der Waals surface area contributed by atoms with Crippen LogP contribution in [0, 0.1) is 5.92 Å². The lowest BCUT2D eigenvalue weighted by atomic mass is 10.00. The fraction of sp³-hybridized carbons (Fsp3) is 0.583. The Morgan fingerprint density at radius 2 is 2.27 bits per heavy atom. The molecule has 1 saturated carbocycles. The summed E-state index contributed by atoms with van der Waals surface area (Å²) in [5.41, 5.74) is 0. The molecule has 1 N–H and O–H groups in total. The van der Waals surface area contributed by atoms with Gasteiger partial charge in [-0.3, -0.25) is 4.79 Å². The zero-order valence-electron chi connectivity index (χ0n) is 9.03. The molecule has 0 aliphatic heterocycles. The number of carbonyl (C=O) groups is 1. The summed E-state index contributed by atoms with van der Waals surface area (Å²) in [5, 5.41) is 2.99. The first kappa shape index (κ1) is 10.3. The minimum atomic E-state index is -0.0978. The van der Waals surface area contributed by atoms with E-state index < -0.39 is 0 Å². The van der Waals surface area contributed by atoms with E-state index in [-0.39, 0.29) is 11.9 Å². The first-order chi connectivity index (χ1) is 7.27. The van der Waals surface area contributed by atoms with Gasteiger partial charge in [-0.25, -0.2) is 0 Å². The normalized spacial score (nSPS) is 19.0. The van der Waals surface area contributed by atoms with Gasteiger partial charge in [0.25, 0.3) is 5.91 Å². The largest absolute Gasteiger partial charge is 0.459 e. The Morgan fingerprint density at radius 1 is 1.53 bits per heavy atom. The molecule has 3 heteroatoms. The Labute approximate surface area is 89.9 Å². The van der Waals surface area contributed by atoms with Crippen LogP contribution in [0.4, 0.5) is 0 Å². The summed E-state index contributed by atoms with van der Waals surface area (Å²) in [4.78, 5) is 11.7. The Morgan fingerprint density at radius 3 is 2.87 bits per heavy atom. The molecule has 0 spiro atoms. The number of carbonyl (C=O) groups excluding carboxylic acids is 1. The van der Waals surface area contributed by atoms with Gasteiger partial charge >= 0.3 is 0 Å². The molecule has 0 radical (unpaired) electrons. The van der Waals surface area contributed by atoms with E-state index in [9.17, 15) is 4.79 Å². The minimum absolute atomic E-state index is 0.0978. The van der Waals surface area contributed by atoms with Crippen molar-refractivity contribution in [3.63, 3.8) is 0 Å². The van der Waals surface area contributed by atoms with Crippen LogP contribution in [0.2, 0.25) is 0 Å². The highest BCUT2D eigenvalue weighted by molar-refractivity contribution is 5.91. The van der Waals surface area contributed by atoms with Gasteiger partial charge in [0, 0.05) is 6.04 Å². The van der Waals surface area contributed by atoms with Crippen LogP contribution in [0.3, 0.4) is 0 Å². The number of furan rings is 1. The van der Waals surface area contributed by atoms with Crippen LogP contribution in [0.5, 0.6) is 0 Å². The van der Waals surface area contributed by atoms with E-state index in [4.69, 9.17) is 4.42 Å². The van der Waals surface area contributed by atoms with E-state index in [2.05, 4.69) is 12.2 Å². The smallest absolute Gasteiger partial charge is 0.287 e. The molecule has 3 nitrogen and oxygen atoms in total. The van der Waals surface area contributed by atoms with Crippen molar-refractivity contribution in [1.82, 2.24) is 5.32 Å². The highest BCUT2D eigenvalue weighted by Crippen LogP contribution is 2.27. The first-order valence-corrected chi connectivity index (χ1v) is 5.62. The van der Waals surface area contributed by atoms with Gasteiger partial charge in [0.1, 0.15) is 0 Å². The van der Waals surface area contributed by atoms with E-state index in [1.165, 1.54) is 31.9 Å². The van der Waals surface area contributed by atoms with Crippen molar-refractivity contribution in [1.29, 1.82) is 0 Å². The summed E-state index contributed by atoms with van der Waals surface area (Å²) in [7, 11) is 0. The summed E-state index contributed by atoms with van der Waals surface area (Å²) >= 11 is 0. The van der Waals surface area contributed by atoms with Crippen molar-refractivity contribution in [2.45, 2.75) is 38.6 Å². The average Bonchev–Trinajstić information content (AvgIpc) is 2.91. The number of hydrogen-bond donors (Lipinski definition) is 1. The molecule has 0 bridgehead atoms. The third-order valence-electron chi connectivity index (χ3n) is 3.21. The molecule has 1 aliphatic rings. The summed E-state index contributed by atoms with van der Waals surface area (Å²) in [5.74, 6) is 0.947. The molecule has 1 amide bonds. The van der Waals surface area contributed by atoms with Gasteiger partial charge in [-0.15, -0.1) is 0 Å². The van der Waals surface area contributed by atoms with Crippen LogP contribution in [0.25, 0.3) is 0 Å². The van der Waals surface area contributed by atoms with Crippen molar-refractivity contribution in [2.75, 3.05) is 0 Å². The predicted molar refractivity (Wildman–Crippen MR) is 57.6 cm³/mol. The van der Waals surface area contributed by atoms with E-state index >= 15 is 0 Å². The van der Waals surface area contributed by atoms with Crippen LogP contribution in [-0.4, -0.2) is 11.9 Å². The average molecular weight is 207 g/mol. The van der Waals surface area contributed by atoms with Crippen LogP contribution in [0.15, 0.2) is 22.8 Å². The fourth-order valence-electron chi connectivity index (χ4n) is 2.26. The number of nitrogens with one attached hydrogen (secondary N) is 1. The van der Waals surface area contributed by atoms with Crippen LogP contribution < -0.4 is 5.32 Å². The molecule has 0 unspecified atom stereocenters. The number of amides is 1. The van der Waals surface area contributed by atoms with Gasteiger partial charge in [0.15, 0.2) is 5.76 Å². The Balaban J connectivity index is 1.88. The zero-order chi connectivity index (χ0) is 10.7. The van der Waals surface area contributed by atoms with Gasteiger partial charge in [-0.05, 0) is 37.8 Å². The molecule has 1 aliphatic carbocycles. The quantitative estimate of drug-likeness (QED) is 0.827. The Bertz CT molecular complexity index is 312. The summed E-state index contributed by atoms with van der Waals surface area (Å²) in [6.45, 7) is 2.08. The van der Waals surface area contributed by atoms with E-state index in [0.717, 1.165) is 0 Å². The molecule has 1 fully saturated rings. The third-order valence-corrected chi connectivity index (χ3v) is 3.21. The van der Waals surface area contributed by atoms with E-state index in [1.807, 2.05) is 0 Å². The molecular formula is C12H17NO2. The lowest BCUT2D eigenvalue weighted by Gasteiger charge is -2.19. The van der Waals surface area contributed by atoms with E-state index in [1.54, 1.807) is 12.1 Å². The molecule has 1 aromatic heterocycles. The van der Waals surface area contributed by atoms with Crippen LogP contribution >= 0.6 is 0 Å². The molecule has 1 heterocycles. The molecule has 2 rings (SSSR count). The molecular weight excluding hydrogens is 190 g/mol. The fourth-order valence-corrected chi connectivity index (χ4v) is 2.26. The maximum Gasteiger partial charge on any atom is 0.287 e. The monoisotopic (exact) mass is 207 g/mol. The Hall–Kier alpha value is -1.25. The highest BCUT2D eigenvalue weighted by Gasteiger charge is 2.23. The van der Waals surface area contributed by atoms with Crippen LogP contribution in [0.1, 0.15) is 43.2 Å². The van der Waals surface area contributed by atoms with Gasteiger partial charge in [0.05, 0.1) is 6.26 Å². The molecule has 0 aromatic carbocycles. The Kier molecular flexibility index (Phi) is 3.09. The SMILES string of the molecule is C[C@@H](NC(=O)c1ccco1)C1CCCC1. The molecule has 82 valence electrons. The standard InChI is InChI=1S/C12H17NO2/c1-9(10-5-2-3-6-10)13-12(14)11-7-4-8-15-11/h4,7-10H,2-3,5-6H2,1H3,(H,13,14)/t9-/m1/s1. The molecule has 1 atom stereocenters. The second kappa shape index (κ2) is 4.51. The lowest BCUT2D eigenvalue weighted by molar-refractivity contribution is 0.0899. The molecule has 1 aromatic rings. The number of rotatable bonds is 3. The molecule has 0 saturated heterocycles. The van der Waals surface area contributed by atoms with Gasteiger partial charge in [-0.2, -0.15) is 0 Å². The maximum atomic E-state index is 11.7. The van der Waals surface area contributed by atoms with Crippen molar-refractivity contribution in [3.05, 3.63) is 24.2 Å². The van der Waals surface area contributed by atoms with Crippen molar-refractivity contribution >= 4 is 5.91 Å². The van der Waals surface area contributed by atoms with Gasteiger partial charge < -0.3 is 9.73 Å². The summed E-state index contributed by atoms with van der Waals surface area (Å²) in [6, 6.07) is 3.68. The maximum absolute atomic E-state index is 11.7. The van der Waals surface area contributed by atoms with Crippen molar-refractivity contribution in [2.24, 2.45) is 5.92 Å². The number of hydrogen-bond acceptors (Lipinski definition) is 2. The summed E-state index contributed by atoms with van der Waals surface area (Å²) < 4.78 is 5.05.